The minimum atomic E-state index is 0. The molecule has 0 aromatic carbocycles. The summed E-state index contributed by atoms with van der Waals surface area (Å²) >= 11 is 1.75. The molecule has 0 radical (unpaired) electrons. The Labute approximate surface area is 167 Å². The smallest absolute Gasteiger partial charge is 0.190 e. The third-order valence-electron chi connectivity index (χ3n) is 4.63. The molecule has 1 saturated carbocycles. The molecule has 1 aromatic rings. The van der Waals surface area contributed by atoms with E-state index in [0.29, 0.717) is 5.41 Å². The molecule has 7 heteroatoms. The highest BCUT2D eigenvalue weighted by molar-refractivity contribution is 14.0. The highest BCUT2D eigenvalue weighted by Gasteiger charge is 2.36. The van der Waals surface area contributed by atoms with E-state index >= 15 is 0 Å². The molecular weight excluding hydrogens is 435 g/mol. The molecular formula is C17H31IN4OS. The summed E-state index contributed by atoms with van der Waals surface area (Å²) < 4.78 is 5.25. The molecule has 24 heavy (non-hydrogen) atoms. The number of aromatic nitrogens is 1. The molecule has 1 fully saturated rings. The number of halogens is 1. The molecule has 0 aliphatic heterocycles. The summed E-state index contributed by atoms with van der Waals surface area (Å²) in [4.78, 5) is 8.82. The first-order valence-corrected chi connectivity index (χ1v) is 9.40. The van der Waals surface area contributed by atoms with Crippen LogP contribution in [0.15, 0.2) is 10.4 Å². The highest BCUT2D eigenvalue weighted by atomic mass is 127. The Kier molecular flexibility index (Phi) is 10.1. The van der Waals surface area contributed by atoms with Gasteiger partial charge in [-0.1, -0.05) is 6.42 Å². The summed E-state index contributed by atoms with van der Waals surface area (Å²) in [6, 6.07) is 0. The number of methoxy groups -OCH3 is 1. The Bertz CT molecular complexity index is 503. The van der Waals surface area contributed by atoms with Crippen molar-refractivity contribution in [1.82, 2.24) is 15.6 Å². The maximum Gasteiger partial charge on any atom is 0.190 e. The van der Waals surface area contributed by atoms with E-state index in [1.54, 1.807) is 18.4 Å². The zero-order valence-electron chi connectivity index (χ0n) is 15.1. The van der Waals surface area contributed by atoms with E-state index in [0.717, 1.165) is 50.6 Å². The van der Waals surface area contributed by atoms with Crippen LogP contribution in [0.2, 0.25) is 0 Å². The van der Waals surface area contributed by atoms with E-state index in [-0.39, 0.29) is 24.0 Å². The summed E-state index contributed by atoms with van der Waals surface area (Å²) in [6.45, 7) is 4.80. The first kappa shape index (κ1) is 21.6. The predicted octanol–water partition coefficient (Wildman–Crippen LogP) is 3.37. The molecule has 0 bridgehead atoms. The van der Waals surface area contributed by atoms with E-state index in [1.807, 2.05) is 14.0 Å². The van der Waals surface area contributed by atoms with E-state index in [4.69, 9.17) is 4.74 Å². The number of aryl methyl sites for hydroxylation is 2. The molecule has 0 unspecified atom stereocenters. The van der Waals surface area contributed by atoms with Crippen LogP contribution in [-0.2, 0) is 11.2 Å². The summed E-state index contributed by atoms with van der Waals surface area (Å²) in [7, 11) is 3.62. The number of guanidine groups is 1. The van der Waals surface area contributed by atoms with Gasteiger partial charge in [-0.15, -0.1) is 35.3 Å². The fraction of sp³-hybridized carbons (Fsp3) is 0.765. The van der Waals surface area contributed by atoms with Crippen LogP contribution >= 0.6 is 35.3 Å². The maximum atomic E-state index is 5.25. The SMILES string of the molecule is CN=C(NCCCc1nc(C)cs1)NCC1(CCOC)CCC1.I. The van der Waals surface area contributed by atoms with Gasteiger partial charge in [0.2, 0.25) is 0 Å². The Morgan fingerprint density at radius 1 is 1.42 bits per heavy atom. The van der Waals surface area contributed by atoms with Crippen LogP contribution in [0.5, 0.6) is 0 Å². The summed E-state index contributed by atoms with van der Waals surface area (Å²) in [6.07, 6.45) is 7.16. The lowest BCUT2D eigenvalue weighted by molar-refractivity contribution is 0.0732. The van der Waals surface area contributed by atoms with Crippen molar-refractivity contribution in [2.45, 2.75) is 45.4 Å². The molecule has 0 atom stereocenters. The molecule has 2 rings (SSSR count). The van der Waals surface area contributed by atoms with E-state index in [1.165, 1.54) is 24.3 Å². The summed E-state index contributed by atoms with van der Waals surface area (Å²) in [5, 5.41) is 10.2. The molecule has 5 nitrogen and oxygen atoms in total. The van der Waals surface area contributed by atoms with Gasteiger partial charge >= 0.3 is 0 Å². The van der Waals surface area contributed by atoms with Crippen LogP contribution in [0, 0.1) is 12.3 Å². The molecule has 1 aromatic heterocycles. The normalized spacial score (nSPS) is 16.2. The van der Waals surface area contributed by atoms with E-state index in [9.17, 15) is 0 Å². The topological polar surface area (TPSA) is 58.5 Å². The predicted molar refractivity (Wildman–Crippen MR) is 113 cm³/mol. The van der Waals surface area contributed by atoms with Crippen LogP contribution in [-0.4, -0.2) is 44.8 Å². The van der Waals surface area contributed by atoms with Crippen molar-refractivity contribution in [2.24, 2.45) is 10.4 Å². The van der Waals surface area contributed by atoms with E-state index in [2.05, 4.69) is 26.0 Å². The quantitative estimate of drug-likeness (QED) is 0.254. The maximum absolute atomic E-state index is 5.25. The van der Waals surface area contributed by atoms with Crippen LogP contribution in [0.1, 0.15) is 42.8 Å². The fourth-order valence-corrected chi connectivity index (χ4v) is 3.78. The Hall–Kier alpha value is -0.410. The molecule has 0 amide bonds. The first-order chi connectivity index (χ1) is 11.2. The van der Waals surface area contributed by atoms with Gasteiger partial charge in [0.25, 0.3) is 0 Å². The number of ether oxygens (including phenoxy) is 1. The van der Waals surface area contributed by atoms with Crippen molar-refractivity contribution in [3.63, 3.8) is 0 Å². The van der Waals surface area contributed by atoms with Gasteiger partial charge in [-0.3, -0.25) is 4.99 Å². The molecule has 138 valence electrons. The Balaban J connectivity index is 0.00000288. The lowest BCUT2D eigenvalue weighted by Gasteiger charge is -2.42. The van der Waals surface area contributed by atoms with Gasteiger partial charge in [-0.25, -0.2) is 4.98 Å². The number of nitrogens with one attached hydrogen (secondary N) is 2. The summed E-state index contributed by atoms with van der Waals surface area (Å²) in [5.41, 5.74) is 1.53. The average Bonchev–Trinajstić information content (AvgIpc) is 2.93. The lowest BCUT2D eigenvalue weighted by Crippen LogP contribution is -2.47. The van der Waals surface area contributed by atoms with Crippen molar-refractivity contribution in [2.75, 3.05) is 33.9 Å². The van der Waals surface area contributed by atoms with Crippen LogP contribution < -0.4 is 10.6 Å². The fourth-order valence-electron chi connectivity index (χ4n) is 2.97. The molecule has 0 spiro atoms. The Morgan fingerprint density at radius 3 is 2.75 bits per heavy atom. The van der Waals surface area contributed by atoms with Crippen molar-refractivity contribution < 1.29 is 4.74 Å². The largest absolute Gasteiger partial charge is 0.385 e. The monoisotopic (exact) mass is 466 g/mol. The summed E-state index contributed by atoms with van der Waals surface area (Å²) in [5.74, 6) is 0.906. The van der Waals surface area contributed by atoms with Crippen molar-refractivity contribution in [1.29, 1.82) is 0 Å². The van der Waals surface area contributed by atoms with E-state index < -0.39 is 0 Å². The van der Waals surface area contributed by atoms with Crippen molar-refractivity contribution in [3.8, 4) is 0 Å². The van der Waals surface area contributed by atoms with Gasteiger partial charge in [0.15, 0.2) is 5.96 Å². The third kappa shape index (κ3) is 6.84. The van der Waals surface area contributed by atoms with Gasteiger partial charge in [-0.2, -0.15) is 0 Å². The minimum absolute atomic E-state index is 0. The highest BCUT2D eigenvalue weighted by Crippen LogP contribution is 2.43. The van der Waals surface area contributed by atoms with Crippen LogP contribution in [0.4, 0.5) is 0 Å². The number of thiazole rings is 1. The number of hydrogen-bond donors (Lipinski definition) is 2. The number of aliphatic imine (C=N–C) groups is 1. The zero-order chi connectivity index (χ0) is 16.5. The number of nitrogens with zero attached hydrogens (tertiary/aromatic N) is 2. The standard InChI is InChI=1S/C17H30N4OS.HI/c1-14-12-23-15(21-14)6-4-10-19-16(18-2)20-13-17(7-5-8-17)9-11-22-3;/h12H,4-11,13H2,1-3H3,(H2,18,19,20);1H. The molecule has 0 saturated heterocycles. The minimum Gasteiger partial charge on any atom is -0.385 e. The second kappa shape index (κ2) is 11.3. The van der Waals surface area contributed by atoms with Crippen molar-refractivity contribution in [3.05, 3.63) is 16.1 Å². The molecule has 1 heterocycles. The van der Waals surface area contributed by atoms with Gasteiger partial charge < -0.3 is 15.4 Å². The average molecular weight is 466 g/mol. The Morgan fingerprint density at radius 2 is 2.21 bits per heavy atom. The molecule has 1 aliphatic rings. The lowest BCUT2D eigenvalue weighted by atomic mass is 9.67. The van der Waals surface area contributed by atoms with Gasteiger partial charge in [0, 0.05) is 51.3 Å². The molecule has 2 N–H and O–H groups in total. The zero-order valence-corrected chi connectivity index (χ0v) is 18.2. The first-order valence-electron chi connectivity index (χ1n) is 8.52. The third-order valence-corrected chi connectivity index (χ3v) is 5.66. The van der Waals surface area contributed by atoms with Gasteiger partial charge in [0.1, 0.15) is 0 Å². The second-order valence-corrected chi connectivity index (χ2v) is 7.38. The van der Waals surface area contributed by atoms with Crippen LogP contribution in [0.3, 0.4) is 0 Å². The molecule has 1 aliphatic carbocycles. The number of rotatable bonds is 9. The van der Waals surface area contributed by atoms with Crippen LogP contribution in [0.25, 0.3) is 0 Å². The van der Waals surface area contributed by atoms with Crippen molar-refractivity contribution >= 4 is 41.3 Å². The van der Waals surface area contributed by atoms with Gasteiger partial charge in [0.05, 0.1) is 5.01 Å². The second-order valence-electron chi connectivity index (χ2n) is 6.44. The van der Waals surface area contributed by atoms with Gasteiger partial charge in [-0.05, 0) is 38.0 Å². The number of hydrogen-bond acceptors (Lipinski definition) is 4.